The molecule has 3 heteroatoms. The van der Waals surface area contributed by atoms with Gasteiger partial charge in [0.05, 0.1) is 13.2 Å². The summed E-state index contributed by atoms with van der Waals surface area (Å²) in [5.74, 6) is 0. The topological polar surface area (TPSA) is 38.3 Å². The van der Waals surface area contributed by atoms with E-state index in [2.05, 4.69) is 5.32 Å². The van der Waals surface area contributed by atoms with E-state index in [0.717, 1.165) is 19.4 Å². The zero-order chi connectivity index (χ0) is 7.94. The van der Waals surface area contributed by atoms with E-state index in [4.69, 9.17) is 4.74 Å². The number of carbonyl (C=O) groups excluding carboxylic acids is 1. The van der Waals surface area contributed by atoms with Crippen molar-refractivity contribution in [2.24, 2.45) is 0 Å². The Morgan fingerprint density at radius 2 is 2.55 bits per heavy atom. The van der Waals surface area contributed by atoms with Gasteiger partial charge in [0.15, 0.2) is 0 Å². The van der Waals surface area contributed by atoms with Gasteiger partial charge in [0.2, 0.25) is 0 Å². The molecule has 0 bridgehead atoms. The Kier molecular flexibility index (Phi) is 4.16. The normalized spacial score (nSPS) is 23.8. The fraction of sp³-hybridized carbons (Fsp3) is 0.875. The first-order valence-electron chi connectivity index (χ1n) is 4.18. The summed E-state index contributed by atoms with van der Waals surface area (Å²) in [5.41, 5.74) is 0. The molecule has 0 aromatic rings. The van der Waals surface area contributed by atoms with Gasteiger partial charge in [0.1, 0.15) is 6.29 Å². The van der Waals surface area contributed by atoms with Crippen LogP contribution in [-0.2, 0) is 9.53 Å². The molecule has 0 spiro atoms. The zero-order valence-corrected chi connectivity index (χ0v) is 6.71. The van der Waals surface area contributed by atoms with Crippen molar-refractivity contribution in [3.8, 4) is 0 Å². The van der Waals surface area contributed by atoms with Crippen LogP contribution in [0.1, 0.15) is 19.3 Å². The Morgan fingerprint density at radius 1 is 1.64 bits per heavy atom. The van der Waals surface area contributed by atoms with E-state index in [1.165, 1.54) is 12.8 Å². The lowest BCUT2D eigenvalue weighted by Gasteiger charge is -2.08. The van der Waals surface area contributed by atoms with Crippen molar-refractivity contribution in [2.75, 3.05) is 19.8 Å². The molecule has 1 heterocycles. The van der Waals surface area contributed by atoms with E-state index in [9.17, 15) is 4.79 Å². The highest BCUT2D eigenvalue weighted by atomic mass is 16.5. The molecule has 1 rings (SSSR count). The average molecular weight is 157 g/mol. The molecule has 1 saturated heterocycles. The summed E-state index contributed by atoms with van der Waals surface area (Å²) in [6, 6.07) is 0.529. The highest BCUT2D eigenvalue weighted by molar-refractivity contribution is 5.49. The van der Waals surface area contributed by atoms with Crippen molar-refractivity contribution in [1.82, 2.24) is 5.32 Å². The smallest absolute Gasteiger partial charge is 0.122 e. The summed E-state index contributed by atoms with van der Waals surface area (Å²) in [5, 5.41) is 3.32. The molecule has 0 radical (unpaired) electrons. The molecule has 0 aliphatic carbocycles. The molecule has 0 aromatic carbocycles. The van der Waals surface area contributed by atoms with Crippen LogP contribution in [-0.4, -0.2) is 32.1 Å². The zero-order valence-electron chi connectivity index (χ0n) is 6.71. The lowest BCUT2D eigenvalue weighted by atomic mass is 10.2. The van der Waals surface area contributed by atoms with E-state index in [-0.39, 0.29) is 0 Å². The van der Waals surface area contributed by atoms with Crippen LogP contribution in [0.3, 0.4) is 0 Å². The van der Waals surface area contributed by atoms with Gasteiger partial charge in [0.25, 0.3) is 0 Å². The molecular formula is C8H15NO2. The third kappa shape index (κ3) is 3.49. The maximum atomic E-state index is 9.91. The van der Waals surface area contributed by atoms with Crippen molar-refractivity contribution in [3.05, 3.63) is 0 Å². The second-order valence-electron chi connectivity index (χ2n) is 2.82. The van der Waals surface area contributed by atoms with Crippen molar-refractivity contribution < 1.29 is 9.53 Å². The van der Waals surface area contributed by atoms with Gasteiger partial charge in [-0.1, -0.05) is 0 Å². The highest BCUT2D eigenvalue weighted by Crippen LogP contribution is 2.04. The molecule has 3 nitrogen and oxygen atoms in total. The third-order valence-corrected chi connectivity index (χ3v) is 1.86. The van der Waals surface area contributed by atoms with Crippen LogP contribution in [0, 0.1) is 0 Å². The number of nitrogens with one attached hydrogen (secondary N) is 1. The first-order chi connectivity index (χ1) is 5.43. The molecule has 1 atom stereocenters. The van der Waals surface area contributed by atoms with E-state index in [0.29, 0.717) is 19.1 Å². The Morgan fingerprint density at radius 3 is 3.18 bits per heavy atom. The van der Waals surface area contributed by atoms with E-state index in [1.54, 1.807) is 0 Å². The van der Waals surface area contributed by atoms with Gasteiger partial charge in [-0.15, -0.1) is 0 Å². The minimum atomic E-state index is 0.521. The number of ether oxygens (including phenoxy) is 1. The summed E-state index contributed by atoms with van der Waals surface area (Å²) >= 11 is 0. The second kappa shape index (κ2) is 5.27. The van der Waals surface area contributed by atoms with Crippen LogP contribution in [0.15, 0.2) is 0 Å². The van der Waals surface area contributed by atoms with Crippen molar-refractivity contribution in [1.29, 1.82) is 0 Å². The van der Waals surface area contributed by atoms with Crippen LogP contribution >= 0.6 is 0 Å². The van der Waals surface area contributed by atoms with E-state index >= 15 is 0 Å². The maximum absolute atomic E-state index is 9.91. The first-order valence-corrected chi connectivity index (χ1v) is 4.18. The molecule has 1 N–H and O–H groups in total. The minimum absolute atomic E-state index is 0.521. The molecular weight excluding hydrogens is 142 g/mol. The monoisotopic (exact) mass is 157 g/mol. The minimum Gasteiger partial charge on any atom is -0.379 e. The van der Waals surface area contributed by atoms with Gasteiger partial charge < -0.3 is 14.8 Å². The second-order valence-corrected chi connectivity index (χ2v) is 2.82. The molecule has 0 aromatic heterocycles. The molecule has 1 fully saturated rings. The van der Waals surface area contributed by atoms with Gasteiger partial charge in [-0.25, -0.2) is 0 Å². The average Bonchev–Trinajstić information content (AvgIpc) is 2.50. The summed E-state index contributed by atoms with van der Waals surface area (Å²) in [6.45, 7) is 2.44. The summed E-state index contributed by atoms with van der Waals surface area (Å²) in [7, 11) is 0. The Labute approximate surface area is 67.1 Å². The molecule has 0 saturated carbocycles. The lowest BCUT2D eigenvalue weighted by molar-refractivity contribution is -0.108. The van der Waals surface area contributed by atoms with Gasteiger partial charge in [-0.2, -0.15) is 0 Å². The molecule has 0 amide bonds. The first kappa shape index (κ1) is 8.68. The number of hydrogen-bond donors (Lipinski definition) is 1. The van der Waals surface area contributed by atoms with Crippen LogP contribution in [0.25, 0.3) is 0 Å². The Balaban J connectivity index is 1.89. The predicted molar refractivity (Wildman–Crippen MR) is 42.5 cm³/mol. The van der Waals surface area contributed by atoms with Gasteiger partial charge in [0, 0.05) is 12.5 Å². The molecule has 1 aliphatic rings. The summed E-state index contributed by atoms with van der Waals surface area (Å²) in [4.78, 5) is 9.91. The number of rotatable bonds is 5. The SMILES string of the molecule is O=CCCOCC1CCCN1. The molecule has 1 unspecified atom stereocenters. The quantitative estimate of drug-likeness (QED) is 0.462. The molecule has 64 valence electrons. The van der Waals surface area contributed by atoms with Crippen molar-refractivity contribution in [3.63, 3.8) is 0 Å². The van der Waals surface area contributed by atoms with E-state index < -0.39 is 0 Å². The van der Waals surface area contributed by atoms with Gasteiger partial charge >= 0.3 is 0 Å². The molecule has 1 aliphatic heterocycles. The van der Waals surface area contributed by atoms with Crippen molar-refractivity contribution in [2.45, 2.75) is 25.3 Å². The predicted octanol–water partition coefficient (Wildman–Crippen LogP) is 0.344. The lowest BCUT2D eigenvalue weighted by Crippen LogP contribution is -2.26. The van der Waals surface area contributed by atoms with Crippen LogP contribution in [0.4, 0.5) is 0 Å². The summed E-state index contributed by atoms with van der Waals surface area (Å²) in [6.07, 6.45) is 3.87. The van der Waals surface area contributed by atoms with Gasteiger partial charge in [-0.05, 0) is 19.4 Å². The largest absolute Gasteiger partial charge is 0.379 e. The fourth-order valence-corrected chi connectivity index (χ4v) is 1.26. The summed E-state index contributed by atoms with van der Waals surface area (Å²) < 4.78 is 5.26. The van der Waals surface area contributed by atoms with Crippen molar-refractivity contribution >= 4 is 6.29 Å². The van der Waals surface area contributed by atoms with E-state index in [1.807, 2.05) is 0 Å². The Bertz CT molecular complexity index is 111. The fourth-order valence-electron chi connectivity index (χ4n) is 1.26. The number of aldehydes is 1. The molecule has 11 heavy (non-hydrogen) atoms. The van der Waals surface area contributed by atoms with Crippen LogP contribution < -0.4 is 5.32 Å². The Hall–Kier alpha value is -0.410. The number of hydrogen-bond acceptors (Lipinski definition) is 3. The third-order valence-electron chi connectivity index (χ3n) is 1.86. The van der Waals surface area contributed by atoms with Crippen LogP contribution in [0.5, 0.6) is 0 Å². The van der Waals surface area contributed by atoms with Gasteiger partial charge in [-0.3, -0.25) is 0 Å². The van der Waals surface area contributed by atoms with Crippen LogP contribution in [0.2, 0.25) is 0 Å². The number of carbonyl (C=O) groups is 1. The highest BCUT2D eigenvalue weighted by Gasteiger charge is 2.12. The maximum Gasteiger partial charge on any atom is 0.122 e. The standard InChI is InChI=1S/C8H15NO2/c10-5-2-6-11-7-8-3-1-4-9-8/h5,8-9H,1-4,6-7H2.